The Labute approximate surface area is 92.6 Å². The molecule has 82 valence electrons. The molecule has 16 heavy (non-hydrogen) atoms. The lowest BCUT2D eigenvalue weighted by atomic mass is 10.2. The maximum atomic E-state index is 5.44. The molecule has 2 aromatic rings. The molecule has 1 fully saturated rings. The Morgan fingerprint density at radius 1 is 1.25 bits per heavy atom. The number of aromatic nitrogens is 3. The first-order valence-corrected chi connectivity index (χ1v) is 5.12. The third-order valence-corrected chi connectivity index (χ3v) is 2.45. The van der Waals surface area contributed by atoms with Gasteiger partial charge in [-0.2, -0.15) is 5.10 Å². The van der Waals surface area contributed by atoms with Crippen LogP contribution in [0.3, 0.4) is 0 Å². The summed E-state index contributed by atoms with van der Waals surface area (Å²) < 4.78 is 12.6. The van der Waals surface area contributed by atoms with Crippen LogP contribution in [0.5, 0.6) is 0 Å². The summed E-state index contributed by atoms with van der Waals surface area (Å²) in [4.78, 5) is 3.92. The van der Waals surface area contributed by atoms with Gasteiger partial charge in [0.1, 0.15) is 12.7 Å². The van der Waals surface area contributed by atoms with Crippen molar-refractivity contribution in [2.45, 2.75) is 6.29 Å². The number of rotatable bonds is 2. The van der Waals surface area contributed by atoms with Crippen LogP contribution in [0.2, 0.25) is 0 Å². The van der Waals surface area contributed by atoms with Crippen LogP contribution >= 0.6 is 0 Å². The number of benzene rings is 1. The Hall–Kier alpha value is -1.72. The van der Waals surface area contributed by atoms with Crippen LogP contribution in [-0.2, 0) is 9.47 Å². The van der Waals surface area contributed by atoms with Gasteiger partial charge in [0.05, 0.1) is 18.9 Å². The van der Waals surface area contributed by atoms with E-state index in [1.54, 1.807) is 11.0 Å². The smallest absolute Gasteiger partial charge is 0.184 e. The second-order valence-corrected chi connectivity index (χ2v) is 3.51. The fourth-order valence-electron chi connectivity index (χ4n) is 1.71. The molecule has 0 bridgehead atoms. The first-order chi connectivity index (χ1) is 7.93. The average molecular weight is 217 g/mol. The van der Waals surface area contributed by atoms with Crippen LogP contribution < -0.4 is 0 Å². The van der Waals surface area contributed by atoms with Crippen molar-refractivity contribution in [1.82, 2.24) is 14.8 Å². The molecule has 5 nitrogen and oxygen atoms in total. The number of hydrogen-bond acceptors (Lipinski definition) is 4. The molecular weight excluding hydrogens is 206 g/mol. The van der Waals surface area contributed by atoms with Crippen LogP contribution in [0.1, 0.15) is 11.9 Å². The minimum atomic E-state index is -0.247. The Kier molecular flexibility index (Phi) is 2.40. The van der Waals surface area contributed by atoms with Gasteiger partial charge in [-0.15, -0.1) is 0 Å². The minimum Gasteiger partial charge on any atom is -0.346 e. The molecule has 0 unspecified atom stereocenters. The van der Waals surface area contributed by atoms with E-state index in [-0.39, 0.29) is 6.29 Å². The van der Waals surface area contributed by atoms with Crippen molar-refractivity contribution < 1.29 is 9.47 Å². The molecule has 1 saturated heterocycles. The summed E-state index contributed by atoms with van der Waals surface area (Å²) in [6.07, 6.45) is 2.92. The molecule has 1 aliphatic heterocycles. The molecule has 0 spiro atoms. The number of hydrogen-bond donors (Lipinski definition) is 0. The molecule has 0 radical (unpaired) electrons. The SMILES string of the molecule is c1cc(C2OCCO2)cc(-n2cncn2)c1. The van der Waals surface area contributed by atoms with Crippen LogP contribution in [0.15, 0.2) is 36.9 Å². The van der Waals surface area contributed by atoms with E-state index in [1.807, 2.05) is 24.3 Å². The van der Waals surface area contributed by atoms with Crippen molar-refractivity contribution in [1.29, 1.82) is 0 Å². The van der Waals surface area contributed by atoms with Crippen molar-refractivity contribution >= 4 is 0 Å². The molecule has 2 heterocycles. The zero-order valence-corrected chi connectivity index (χ0v) is 8.61. The van der Waals surface area contributed by atoms with E-state index in [9.17, 15) is 0 Å². The van der Waals surface area contributed by atoms with Crippen molar-refractivity contribution in [3.8, 4) is 5.69 Å². The van der Waals surface area contributed by atoms with E-state index >= 15 is 0 Å². The molecule has 5 heteroatoms. The summed E-state index contributed by atoms with van der Waals surface area (Å²) in [6.45, 7) is 1.30. The summed E-state index contributed by atoms with van der Waals surface area (Å²) in [7, 11) is 0. The van der Waals surface area contributed by atoms with Gasteiger partial charge in [-0.05, 0) is 12.1 Å². The Bertz CT molecular complexity index is 464. The lowest BCUT2D eigenvalue weighted by Gasteiger charge is -2.10. The second-order valence-electron chi connectivity index (χ2n) is 3.51. The van der Waals surface area contributed by atoms with Gasteiger partial charge in [-0.1, -0.05) is 12.1 Å². The molecular formula is C11H11N3O2. The summed E-state index contributed by atoms with van der Waals surface area (Å²) in [5.74, 6) is 0. The fourth-order valence-corrected chi connectivity index (χ4v) is 1.71. The lowest BCUT2D eigenvalue weighted by molar-refractivity contribution is -0.0441. The third kappa shape index (κ3) is 1.70. The highest BCUT2D eigenvalue weighted by molar-refractivity contribution is 5.35. The maximum Gasteiger partial charge on any atom is 0.184 e. The summed E-state index contributed by atoms with van der Waals surface area (Å²) >= 11 is 0. The van der Waals surface area contributed by atoms with Crippen LogP contribution in [0.25, 0.3) is 5.69 Å². The highest BCUT2D eigenvalue weighted by Crippen LogP contribution is 2.24. The van der Waals surface area contributed by atoms with Gasteiger partial charge in [0.15, 0.2) is 6.29 Å². The Morgan fingerprint density at radius 2 is 2.12 bits per heavy atom. The van der Waals surface area contributed by atoms with E-state index in [1.165, 1.54) is 6.33 Å². The van der Waals surface area contributed by atoms with E-state index in [0.717, 1.165) is 11.3 Å². The molecule has 0 amide bonds. The molecule has 0 aliphatic carbocycles. The molecule has 0 atom stereocenters. The van der Waals surface area contributed by atoms with Crippen LogP contribution in [0, 0.1) is 0 Å². The van der Waals surface area contributed by atoms with Gasteiger partial charge < -0.3 is 9.47 Å². The highest BCUT2D eigenvalue weighted by atomic mass is 16.7. The summed E-state index contributed by atoms with van der Waals surface area (Å²) in [5, 5.41) is 4.08. The molecule has 1 aromatic carbocycles. The lowest BCUT2D eigenvalue weighted by Crippen LogP contribution is -2.00. The van der Waals surface area contributed by atoms with Crippen molar-refractivity contribution in [3.63, 3.8) is 0 Å². The van der Waals surface area contributed by atoms with Crippen LogP contribution in [-0.4, -0.2) is 28.0 Å². The minimum absolute atomic E-state index is 0.247. The predicted octanol–water partition coefficient (Wildman–Crippen LogP) is 1.31. The quantitative estimate of drug-likeness (QED) is 0.761. The average Bonchev–Trinajstić information content (AvgIpc) is 3.03. The Balaban J connectivity index is 1.93. The predicted molar refractivity (Wildman–Crippen MR) is 56.0 cm³/mol. The number of ether oxygens (including phenoxy) is 2. The molecule has 0 N–H and O–H groups in total. The normalized spacial score (nSPS) is 16.8. The van der Waals surface area contributed by atoms with Gasteiger partial charge in [0, 0.05) is 5.56 Å². The molecule has 1 aromatic heterocycles. The molecule has 0 saturated carbocycles. The topological polar surface area (TPSA) is 49.2 Å². The third-order valence-electron chi connectivity index (χ3n) is 2.45. The van der Waals surface area contributed by atoms with Gasteiger partial charge in [0.25, 0.3) is 0 Å². The summed E-state index contributed by atoms with van der Waals surface area (Å²) in [5.41, 5.74) is 1.96. The largest absolute Gasteiger partial charge is 0.346 e. The maximum absolute atomic E-state index is 5.44. The van der Waals surface area contributed by atoms with Gasteiger partial charge in [-0.3, -0.25) is 0 Å². The highest BCUT2D eigenvalue weighted by Gasteiger charge is 2.18. The molecule has 3 rings (SSSR count). The van der Waals surface area contributed by atoms with Gasteiger partial charge >= 0.3 is 0 Å². The van der Waals surface area contributed by atoms with Crippen molar-refractivity contribution in [3.05, 3.63) is 42.5 Å². The standard InChI is InChI=1S/C11H11N3O2/c1-2-9(11-15-4-5-16-11)6-10(3-1)14-8-12-7-13-14/h1-3,6-8,11H,4-5H2. The zero-order valence-electron chi connectivity index (χ0n) is 8.61. The fraction of sp³-hybridized carbons (Fsp3) is 0.273. The van der Waals surface area contributed by atoms with E-state index in [4.69, 9.17) is 9.47 Å². The first kappa shape index (κ1) is 9.50. The molecule has 1 aliphatic rings. The van der Waals surface area contributed by atoms with Gasteiger partial charge in [0.2, 0.25) is 0 Å². The zero-order chi connectivity index (χ0) is 10.8. The first-order valence-electron chi connectivity index (χ1n) is 5.12. The van der Waals surface area contributed by atoms with E-state index < -0.39 is 0 Å². The van der Waals surface area contributed by atoms with E-state index in [0.29, 0.717) is 13.2 Å². The van der Waals surface area contributed by atoms with Crippen LogP contribution in [0.4, 0.5) is 0 Å². The Morgan fingerprint density at radius 3 is 2.88 bits per heavy atom. The second kappa shape index (κ2) is 4.03. The van der Waals surface area contributed by atoms with Gasteiger partial charge in [-0.25, -0.2) is 9.67 Å². The summed E-state index contributed by atoms with van der Waals surface area (Å²) in [6, 6.07) is 7.89. The van der Waals surface area contributed by atoms with Crippen molar-refractivity contribution in [2.24, 2.45) is 0 Å². The van der Waals surface area contributed by atoms with E-state index in [2.05, 4.69) is 10.1 Å². The monoisotopic (exact) mass is 217 g/mol. The van der Waals surface area contributed by atoms with Crippen molar-refractivity contribution in [2.75, 3.05) is 13.2 Å². The number of nitrogens with zero attached hydrogens (tertiary/aromatic N) is 3.